The lowest BCUT2D eigenvalue weighted by molar-refractivity contribution is -0.134. The molecule has 1 aliphatic carbocycles. The SMILES string of the molecule is Cn1cc(C(=O)C2CCN(C(=O)CC(C)(C)CC3=NC(=O)C4C=CC=CC4=C3)CC2)cn1. The van der Waals surface area contributed by atoms with Crippen LogP contribution < -0.4 is 0 Å². The van der Waals surface area contributed by atoms with Crippen LogP contribution in [0.5, 0.6) is 0 Å². The molecule has 0 saturated carbocycles. The van der Waals surface area contributed by atoms with E-state index in [-0.39, 0.29) is 34.8 Å². The first-order chi connectivity index (χ1) is 15.2. The summed E-state index contributed by atoms with van der Waals surface area (Å²) in [7, 11) is 1.80. The van der Waals surface area contributed by atoms with Crippen molar-refractivity contribution in [2.45, 2.75) is 39.5 Å². The predicted molar refractivity (Wildman–Crippen MR) is 122 cm³/mol. The minimum absolute atomic E-state index is 0.0592. The molecule has 1 aromatic rings. The van der Waals surface area contributed by atoms with Crippen LogP contribution in [0.1, 0.15) is 49.9 Å². The summed E-state index contributed by atoms with van der Waals surface area (Å²) in [4.78, 5) is 44.1. The van der Waals surface area contributed by atoms with E-state index in [0.29, 0.717) is 44.3 Å². The van der Waals surface area contributed by atoms with Crippen molar-refractivity contribution in [3.05, 3.63) is 53.9 Å². The van der Waals surface area contributed by atoms with Gasteiger partial charge >= 0.3 is 0 Å². The molecule has 3 aliphatic rings. The molecule has 4 rings (SSSR count). The molecule has 1 atom stereocenters. The summed E-state index contributed by atoms with van der Waals surface area (Å²) in [6.45, 7) is 5.26. The number of amides is 2. The van der Waals surface area contributed by atoms with Gasteiger partial charge in [-0.2, -0.15) is 5.10 Å². The third-order valence-corrected chi connectivity index (χ3v) is 6.41. The highest BCUT2D eigenvalue weighted by atomic mass is 16.2. The van der Waals surface area contributed by atoms with Gasteiger partial charge in [0.15, 0.2) is 5.78 Å². The van der Waals surface area contributed by atoms with Gasteiger partial charge in [0.05, 0.1) is 17.7 Å². The van der Waals surface area contributed by atoms with Gasteiger partial charge in [-0.1, -0.05) is 38.2 Å². The average Bonchev–Trinajstić information content (AvgIpc) is 3.19. The number of carbonyl (C=O) groups is 3. The molecule has 0 N–H and O–H groups in total. The van der Waals surface area contributed by atoms with Crippen LogP contribution in [0.3, 0.4) is 0 Å². The molecule has 0 aromatic carbocycles. The van der Waals surface area contributed by atoms with Crippen LogP contribution >= 0.6 is 0 Å². The molecule has 0 bridgehead atoms. The Hall–Kier alpha value is -3.09. The number of Topliss-reactive ketones (excluding diaryl/α,β-unsaturated/α-hetero) is 1. The van der Waals surface area contributed by atoms with Crippen molar-refractivity contribution in [2.75, 3.05) is 13.1 Å². The largest absolute Gasteiger partial charge is 0.343 e. The zero-order chi connectivity index (χ0) is 22.9. The zero-order valence-corrected chi connectivity index (χ0v) is 19.0. The summed E-state index contributed by atoms with van der Waals surface area (Å²) in [6, 6.07) is 0. The molecule has 7 nitrogen and oxygen atoms in total. The van der Waals surface area contributed by atoms with Crippen molar-refractivity contribution in [1.29, 1.82) is 0 Å². The fourth-order valence-corrected chi connectivity index (χ4v) is 4.70. The Morgan fingerprint density at radius 2 is 1.94 bits per heavy atom. The van der Waals surface area contributed by atoms with Crippen LogP contribution in [0, 0.1) is 17.3 Å². The first-order valence-electron chi connectivity index (χ1n) is 11.2. The fourth-order valence-electron chi connectivity index (χ4n) is 4.70. The molecule has 1 aromatic heterocycles. The Morgan fingerprint density at radius 3 is 2.62 bits per heavy atom. The lowest BCUT2D eigenvalue weighted by Crippen LogP contribution is -2.42. The third-order valence-electron chi connectivity index (χ3n) is 6.41. The van der Waals surface area contributed by atoms with Gasteiger partial charge < -0.3 is 4.90 Å². The normalized spacial score (nSPS) is 21.3. The first-order valence-corrected chi connectivity index (χ1v) is 11.2. The molecule has 3 heterocycles. The molecule has 0 radical (unpaired) electrons. The number of aromatic nitrogens is 2. The van der Waals surface area contributed by atoms with E-state index in [1.54, 1.807) is 24.1 Å². The second-order valence-corrected chi connectivity index (χ2v) is 9.75. The number of aryl methyl sites for hydroxylation is 1. The van der Waals surface area contributed by atoms with Gasteiger partial charge in [0.1, 0.15) is 0 Å². The van der Waals surface area contributed by atoms with Gasteiger partial charge in [-0.3, -0.25) is 19.1 Å². The molecule has 32 heavy (non-hydrogen) atoms. The maximum absolute atomic E-state index is 13.0. The van der Waals surface area contributed by atoms with E-state index in [2.05, 4.69) is 10.1 Å². The zero-order valence-electron chi connectivity index (χ0n) is 19.0. The summed E-state index contributed by atoms with van der Waals surface area (Å²) in [5.41, 5.74) is 2.02. The van der Waals surface area contributed by atoms with Gasteiger partial charge in [0, 0.05) is 44.4 Å². The van der Waals surface area contributed by atoms with Crippen molar-refractivity contribution in [1.82, 2.24) is 14.7 Å². The van der Waals surface area contributed by atoms with Crippen LogP contribution in [-0.2, 0) is 16.6 Å². The molecule has 2 aliphatic heterocycles. The van der Waals surface area contributed by atoms with Crippen molar-refractivity contribution < 1.29 is 14.4 Å². The summed E-state index contributed by atoms with van der Waals surface area (Å²) >= 11 is 0. The van der Waals surface area contributed by atoms with E-state index in [4.69, 9.17) is 0 Å². The summed E-state index contributed by atoms with van der Waals surface area (Å²) in [5, 5.41) is 4.08. The quantitative estimate of drug-likeness (QED) is 0.643. The number of hydrogen-bond acceptors (Lipinski definition) is 4. The minimum Gasteiger partial charge on any atom is -0.343 e. The highest BCUT2D eigenvalue weighted by Gasteiger charge is 2.33. The number of nitrogens with zero attached hydrogens (tertiary/aromatic N) is 4. The molecular formula is C25H30N4O3. The molecule has 1 fully saturated rings. The van der Waals surface area contributed by atoms with Crippen LogP contribution in [0.4, 0.5) is 0 Å². The maximum atomic E-state index is 13.0. The van der Waals surface area contributed by atoms with E-state index in [1.165, 1.54) is 0 Å². The number of allylic oxidation sites excluding steroid dienone is 4. The topological polar surface area (TPSA) is 84.6 Å². The Kier molecular flexibility index (Phi) is 6.09. The molecule has 0 spiro atoms. The number of likely N-dealkylation sites (tertiary alicyclic amines) is 1. The third kappa shape index (κ3) is 4.87. The Bertz CT molecular complexity index is 1050. The van der Waals surface area contributed by atoms with Crippen molar-refractivity contribution in [3.8, 4) is 0 Å². The summed E-state index contributed by atoms with van der Waals surface area (Å²) in [5.74, 6) is -0.264. The molecule has 1 saturated heterocycles. The molecule has 7 heteroatoms. The number of fused-ring (bicyclic) bond motifs is 1. The van der Waals surface area contributed by atoms with Crippen LogP contribution in [-0.4, -0.2) is 51.1 Å². The van der Waals surface area contributed by atoms with E-state index in [9.17, 15) is 14.4 Å². The van der Waals surface area contributed by atoms with E-state index in [0.717, 1.165) is 11.3 Å². The second-order valence-electron chi connectivity index (χ2n) is 9.75. The van der Waals surface area contributed by atoms with Gasteiger partial charge in [-0.25, -0.2) is 4.99 Å². The van der Waals surface area contributed by atoms with Gasteiger partial charge in [0.25, 0.3) is 5.91 Å². The Labute approximate surface area is 188 Å². The fraction of sp³-hybridized carbons (Fsp3) is 0.480. The number of aliphatic imine (C=N–C) groups is 1. The van der Waals surface area contributed by atoms with E-state index >= 15 is 0 Å². The molecule has 168 valence electrons. The van der Waals surface area contributed by atoms with Gasteiger partial charge in [-0.15, -0.1) is 0 Å². The van der Waals surface area contributed by atoms with Gasteiger partial charge in [-0.05, 0) is 36.3 Å². The number of carbonyl (C=O) groups excluding carboxylic acids is 3. The Balaban J connectivity index is 1.31. The minimum atomic E-state index is -0.323. The first kappa shape index (κ1) is 22.1. The van der Waals surface area contributed by atoms with Crippen LogP contribution in [0.15, 0.2) is 53.3 Å². The molecule has 1 unspecified atom stereocenters. The summed E-state index contributed by atoms with van der Waals surface area (Å²) in [6.07, 6.45) is 15.2. The Morgan fingerprint density at radius 1 is 1.19 bits per heavy atom. The molecular weight excluding hydrogens is 404 g/mol. The van der Waals surface area contributed by atoms with Gasteiger partial charge in [0.2, 0.25) is 5.91 Å². The number of hydrogen-bond donors (Lipinski definition) is 0. The van der Waals surface area contributed by atoms with Crippen molar-refractivity contribution in [2.24, 2.45) is 29.3 Å². The lowest BCUT2D eigenvalue weighted by atomic mass is 9.80. The monoisotopic (exact) mass is 434 g/mol. The smallest absolute Gasteiger partial charge is 0.257 e. The van der Waals surface area contributed by atoms with Crippen molar-refractivity contribution >= 4 is 23.3 Å². The highest BCUT2D eigenvalue weighted by Crippen LogP contribution is 2.32. The summed E-state index contributed by atoms with van der Waals surface area (Å²) < 4.78 is 1.63. The van der Waals surface area contributed by atoms with Crippen molar-refractivity contribution in [3.63, 3.8) is 0 Å². The second kappa shape index (κ2) is 8.81. The lowest BCUT2D eigenvalue weighted by Gasteiger charge is -2.34. The van der Waals surface area contributed by atoms with Crippen LogP contribution in [0.25, 0.3) is 0 Å². The van der Waals surface area contributed by atoms with E-state index in [1.807, 2.05) is 49.1 Å². The molecule has 2 amide bonds. The highest BCUT2D eigenvalue weighted by molar-refractivity contribution is 6.08. The standard InChI is InChI=1S/C25H30N4O3/c1-25(2,13-20-12-18-6-4-5-7-21(18)24(32)27-20)14-22(30)29-10-8-17(9-11-29)23(31)19-15-26-28(3)16-19/h4-7,12,15-17,21H,8-11,13-14H2,1-3H3. The number of dihydropyridines is 1. The van der Waals surface area contributed by atoms with E-state index < -0.39 is 0 Å². The maximum Gasteiger partial charge on any atom is 0.257 e. The van der Waals surface area contributed by atoms with Crippen LogP contribution in [0.2, 0.25) is 0 Å². The predicted octanol–water partition coefficient (Wildman–Crippen LogP) is 3.30. The number of ketones is 1. The number of rotatable bonds is 6. The number of piperidine rings is 1. The average molecular weight is 435 g/mol.